The SMILES string of the molecule is COc1ccc(NC(=O)N[C@H]2CC(=O)N(c3ccc(Cl)cc3)C2)c(OC)c1. The molecule has 1 aliphatic rings. The molecule has 1 fully saturated rings. The van der Waals surface area contributed by atoms with Crippen molar-refractivity contribution in [1.29, 1.82) is 0 Å². The number of rotatable bonds is 5. The number of ether oxygens (including phenoxy) is 2. The number of benzene rings is 2. The third kappa shape index (κ3) is 4.43. The quantitative estimate of drug-likeness (QED) is 0.822. The third-order valence-electron chi connectivity index (χ3n) is 4.26. The molecule has 1 heterocycles. The summed E-state index contributed by atoms with van der Waals surface area (Å²) >= 11 is 5.89. The minimum absolute atomic E-state index is 0.0512. The summed E-state index contributed by atoms with van der Waals surface area (Å²) in [4.78, 5) is 26.2. The lowest BCUT2D eigenvalue weighted by Crippen LogP contribution is -2.39. The van der Waals surface area contributed by atoms with Crippen molar-refractivity contribution in [2.45, 2.75) is 12.5 Å². The van der Waals surface area contributed by atoms with Crippen molar-refractivity contribution in [3.05, 3.63) is 47.5 Å². The molecule has 3 amide bonds. The van der Waals surface area contributed by atoms with Crippen LogP contribution >= 0.6 is 11.6 Å². The van der Waals surface area contributed by atoms with E-state index in [0.29, 0.717) is 28.8 Å². The molecule has 3 rings (SSSR count). The number of halogens is 1. The van der Waals surface area contributed by atoms with E-state index < -0.39 is 6.03 Å². The maximum absolute atomic E-state index is 12.3. The molecule has 0 aromatic heterocycles. The Bertz CT molecular complexity index is 841. The molecule has 2 aromatic rings. The first-order chi connectivity index (χ1) is 13.0. The van der Waals surface area contributed by atoms with Crippen LogP contribution in [0.5, 0.6) is 11.5 Å². The molecule has 0 radical (unpaired) electrons. The van der Waals surface area contributed by atoms with Crippen molar-refractivity contribution >= 4 is 34.9 Å². The van der Waals surface area contributed by atoms with E-state index in [1.54, 1.807) is 54.5 Å². The molecule has 0 unspecified atom stereocenters. The minimum atomic E-state index is -0.408. The van der Waals surface area contributed by atoms with Gasteiger partial charge in [-0.2, -0.15) is 0 Å². The number of urea groups is 1. The van der Waals surface area contributed by atoms with Gasteiger partial charge in [0.15, 0.2) is 0 Å². The molecule has 1 aliphatic heterocycles. The van der Waals surface area contributed by atoms with Gasteiger partial charge in [0.1, 0.15) is 11.5 Å². The number of carbonyl (C=O) groups excluding carboxylic acids is 2. The zero-order chi connectivity index (χ0) is 19.4. The van der Waals surface area contributed by atoms with E-state index in [1.165, 1.54) is 7.11 Å². The molecule has 0 bridgehead atoms. The Labute approximate surface area is 162 Å². The molecule has 2 aromatic carbocycles. The van der Waals surface area contributed by atoms with E-state index >= 15 is 0 Å². The fraction of sp³-hybridized carbons (Fsp3) is 0.263. The van der Waals surface area contributed by atoms with E-state index in [-0.39, 0.29) is 18.4 Å². The Morgan fingerprint density at radius 3 is 2.56 bits per heavy atom. The summed E-state index contributed by atoms with van der Waals surface area (Å²) < 4.78 is 10.4. The number of amides is 3. The maximum atomic E-state index is 12.3. The smallest absolute Gasteiger partial charge is 0.319 e. The van der Waals surface area contributed by atoms with Gasteiger partial charge in [0.2, 0.25) is 5.91 Å². The molecule has 142 valence electrons. The number of nitrogens with one attached hydrogen (secondary N) is 2. The van der Waals surface area contributed by atoms with Crippen LogP contribution in [0.2, 0.25) is 5.02 Å². The molecule has 7 nitrogen and oxygen atoms in total. The molecular formula is C19H20ClN3O4. The molecule has 0 spiro atoms. The predicted octanol–water partition coefficient (Wildman–Crippen LogP) is 3.28. The van der Waals surface area contributed by atoms with Gasteiger partial charge in [0.25, 0.3) is 0 Å². The van der Waals surface area contributed by atoms with E-state index in [1.807, 2.05) is 0 Å². The van der Waals surface area contributed by atoms with Gasteiger partial charge in [-0.25, -0.2) is 4.79 Å². The van der Waals surface area contributed by atoms with Gasteiger partial charge in [-0.15, -0.1) is 0 Å². The number of nitrogens with zero attached hydrogens (tertiary/aromatic N) is 1. The molecule has 0 aliphatic carbocycles. The molecule has 8 heteroatoms. The molecule has 1 atom stereocenters. The Balaban J connectivity index is 1.62. The van der Waals surface area contributed by atoms with Crippen LogP contribution in [0.3, 0.4) is 0 Å². The summed E-state index contributed by atoms with van der Waals surface area (Å²) in [5, 5.41) is 6.17. The van der Waals surface area contributed by atoms with Crippen LogP contribution in [0.4, 0.5) is 16.2 Å². The number of anilines is 2. The van der Waals surface area contributed by atoms with E-state index in [9.17, 15) is 9.59 Å². The highest BCUT2D eigenvalue weighted by Crippen LogP contribution is 2.29. The minimum Gasteiger partial charge on any atom is -0.497 e. The van der Waals surface area contributed by atoms with Crippen LogP contribution in [0.15, 0.2) is 42.5 Å². The van der Waals surface area contributed by atoms with E-state index in [4.69, 9.17) is 21.1 Å². The number of methoxy groups -OCH3 is 2. The van der Waals surface area contributed by atoms with Crippen LogP contribution < -0.4 is 25.0 Å². The zero-order valence-electron chi connectivity index (χ0n) is 15.0. The van der Waals surface area contributed by atoms with Crippen molar-refractivity contribution in [3.8, 4) is 11.5 Å². The Morgan fingerprint density at radius 2 is 1.89 bits per heavy atom. The second kappa shape index (κ2) is 8.18. The second-order valence-corrected chi connectivity index (χ2v) is 6.48. The van der Waals surface area contributed by atoms with Crippen molar-refractivity contribution in [1.82, 2.24) is 5.32 Å². The van der Waals surface area contributed by atoms with Crippen molar-refractivity contribution < 1.29 is 19.1 Å². The van der Waals surface area contributed by atoms with Crippen molar-refractivity contribution in [2.75, 3.05) is 31.0 Å². The lowest BCUT2D eigenvalue weighted by molar-refractivity contribution is -0.117. The standard InChI is InChI=1S/C19H20ClN3O4/c1-26-15-7-8-16(17(10-15)27-2)22-19(25)21-13-9-18(24)23(11-13)14-5-3-12(20)4-6-14/h3-8,10,13H,9,11H2,1-2H3,(H2,21,22,25)/t13-/m0/s1. The van der Waals surface area contributed by atoms with Crippen LogP contribution in [0.1, 0.15) is 6.42 Å². The first-order valence-corrected chi connectivity index (χ1v) is 8.73. The highest BCUT2D eigenvalue weighted by Gasteiger charge is 2.31. The van der Waals surface area contributed by atoms with Gasteiger partial charge in [-0.05, 0) is 36.4 Å². The predicted molar refractivity (Wildman–Crippen MR) is 104 cm³/mol. The highest BCUT2D eigenvalue weighted by atomic mass is 35.5. The van der Waals surface area contributed by atoms with Crippen molar-refractivity contribution in [3.63, 3.8) is 0 Å². The monoisotopic (exact) mass is 389 g/mol. The number of hydrogen-bond donors (Lipinski definition) is 2. The van der Waals surface area contributed by atoms with Gasteiger partial charge < -0.3 is 25.0 Å². The molecule has 1 saturated heterocycles. The Kier molecular flexibility index (Phi) is 5.71. The van der Waals surface area contributed by atoms with Gasteiger partial charge in [0.05, 0.1) is 25.9 Å². The molecule has 2 N–H and O–H groups in total. The zero-order valence-corrected chi connectivity index (χ0v) is 15.7. The summed E-state index contributed by atoms with van der Waals surface area (Å²) in [5.74, 6) is 1.05. The molecule has 27 heavy (non-hydrogen) atoms. The first kappa shape index (κ1) is 18.8. The average molecular weight is 390 g/mol. The lowest BCUT2D eigenvalue weighted by Gasteiger charge is -2.18. The van der Waals surface area contributed by atoms with Crippen molar-refractivity contribution in [2.24, 2.45) is 0 Å². The van der Waals surface area contributed by atoms with Gasteiger partial charge >= 0.3 is 6.03 Å². The topological polar surface area (TPSA) is 79.9 Å². The first-order valence-electron chi connectivity index (χ1n) is 8.35. The fourth-order valence-corrected chi connectivity index (χ4v) is 3.05. The normalized spacial score (nSPS) is 16.2. The fourth-order valence-electron chi connectivity index (χ4n) is 2.92. The second-order valence-electron chi connectivity index (χ2n) is 6.05. The average Bonchev–Trinajstić information content (AvgIpc) is 3.02. The maximum Gasteiger partial charge on any atom is 0.319 e. The number of hydrogen-bond acceptors (Lipinski definition) is 4. The molecule has 0 saturated carbocycles. The van der Waals surface area contributed by atoms with Crippen LogP contribution in [0.25, 0.3) is 0 Å². The lowest BCUT2D eigenvalue weighted by atomic mass is 10.2. The van der Waals surface area contributed by atoms with Gasteiger partial charge in [-0.1, -0.05) is 11.6 Å². The molecular weight excluding hydrogens is 370 g/mol. The number of carbonyl (C=O) groups is 2. The largest absolute Gasteiger partial charge is 0.497 e. The van der Waals surface area contributed by atoms with Crippen LogP contribution in [-0.2, 0) is 4.79 Å². The van der Waals surface area contributed by atoms with Gasteiger partial charge in [0, 0.05) is 29.7 Å². The summed E-state index contributed by atoms with van der Waals surface area (Å²) in [5.41, 5.74) is 1.26. The summed E-state index contributed by atoms with van der Waals surface area (Å²) in [6.45, 7) is 0.396. The summed E-state index contributed by atoms with van der Waals surface area (Å²) in [6, 6.07) is 11.4. The van der Waals surface area contributed by atoms with Gasteiger partial charge in [-0.3, -0.25) is 4.79 Å². The Hall–Kier alpha value is -2.93. The van der Waals surface area contributed by atoms with E-state index in [2.05, 4.69) is 10.6 Å². The Morgan fingerprint density at radius 1 is 1.15 bits per heavy atom. The van der Waals surface area contributed by atoms with Crippen LogP contribution in [0, 0.1) is 0 Å². The summed E-state index contributed by atoms with van der Waals surface area (Å²) in [7, 11) is 3.07. The van der Waals surface area contributed by atoms with Crippen LogP contribution in [-0.4, -0.2) is 38.7 Å². The third-order valence-corrected chi connectivity index (χ3v) is 4.51. The van der Waals surface area contributed by atoms with E-state index in [0.717, 1.165) is 5.69 Å². The summed E-state index contributed by atoms with van der Waals surface area (Å²) in [6.07, 6.45) is 0.232. The highest BCUT2D eigenvalue weighted by molar-refractivity contribution is 6.30.